The summed E-state index contributed by atoms with van der Waals surface area (Å²) in [6.45, 7) is 4.00. The van der Waals surface area contributed by atoms with Gasteiger partial charge in [-0.3, -0.25) is 4.90 Å². The Morgan fingerprint density at radius 2 is 2.24 bits per heavy atom. The summed E-state index contributed by atoms with van der Waals surface area (Å²) >= 11 is 1.64. The first-order chi connectivity index (χ1) is 12.2. The molecule has 0 aromatic carbocycles. The summed E-state index contributed by atoms with van der Waals surface area (Å²) in [7, 11) is 2.05. The van der Waals surface area contributed by atoms with Crippen molar-refractivity contribution >= 4 is 22.3 Å². The van der Waals surface area contributed by atoms with Crippen molar-refractivity contribution in [2.75, 3.05) is 11.9 Å². The molecule has 1 fully saturated rings. The fourth-order valence-corrected chi connectivity index (χ4v) is 3.99. The van der Waals surface area contributed by atoms with Crippen molar-refractivity contribution in [3.8, 4) is 0 Å². The smallest absolute Gasteiger partial charge is 0.188 e. The molecule has 1 aliphatic rings. The van der Waals surface area contributed by atoms with Gasteiger partial charge in [-0.1, -0.05) is 6.07 Å². The lowest BCUT2D eigenvalue weighted by Crippen LogP contribution is -2.24. The van der Waals surface area contributed by atoms with Crippen LogP contribution in [0.4, 0.5) is 10.9 Å². The van der Waals surface area contributed by atoms with Gasteiger partial charge in [0, 0.05) is 31.0 Å². The second-order valence-corrected chi connectivity index (χ2v) is 7.36. The van der Waals surface area contributed by atoms with E-state index >= 15 is 0 Å². The molecule has 3 aromatic heterocycles. The van der Waals surface area contributed by atoms with Crippen LogP contribution in [-0.2, 0) is 13.6 Å². The lowest BCUT2D eigenvalue weighted by molar-refractivity contribution is 0.237. The van der Waals surface area contributed by atoms with E-state index in [4.69, 9.17) is 4.98 Å². The molecule has 0 radical (unpaired) electrons. The molecule has 0 unspecified atom stereocenters. The Labute approximate surface area is 151 Å². The van der Waals surface area contributed by atoms with Gasteiger partial charge in [-0.05, 0) is 37.9 Å². The van der Waals surface area contributed by atoms with Crippen LogP contribution in [0.5, 0.6) is 0 Å². The molecule has 6 nitrogen and oxygen atoms in total. The molecule has 0 spiro atoms. The van der Waals surface area contributed by atoms with E-state index in [1.54, 1.807) is 11.3 Å². The summed E-state index contributed by atoms with van der Waals surface area (Å²) in [4.78, 5) is 16.1. The normalized spacial score (nSPS) is 17.9. The number of rotatable bonds is 5. The maximum atomic E-state index is 4.81. The van der Waals surface area contributed by atoms with Crippen molar-refractivity contribution in [3.05, 3.63) is 53.2 Å². The number of nitrogens with one attached hydrogen (secondary N) is 1. The second-order valence-electron chi connectivity index (χ2n) is 6.51. The van der Waals surface area contributed by atoms with E-state index in [1.807, 2.05) is 38.6 Å². The van der Waals surface area contributed by atoms with Gasteiger partial charge in [0.2, 0.25) is 0 Å². The molecule has 0 bridgehead atoms. The number of hydrogen-bond acceptors (Lipinski definition) is 6. The standard InChI is InChI=1S/C18H22N6S/c1-13-5-6-16(20-10-13)22-18-21-14(12-25-18)15-4-3-8-24(15)11-17-19-7-9-23(17)2/h5-7,9-10,12,15H,3-4,8,11H2,1-2H3,(H,20,21,22)/t15-/m1/s1. The molecule has 25 heavy (non-hydrogen) atoms. The molecule has 130 valence electrons. The Balaban J connectivity index is 1.47. The zero-order chi connectivity index (χ0) is 17.2. The van der Waals surface area contributed by atoms with E-state index in [0.29, 0.717) is 6.04 Å². The van der Waals surface area contributed by atoms with E-state index in [9.17, 15) is 0 Å². The van der Waals surface area contributed by atoms with Crippen LogP contribution in [0, 0.1) is 6.92 Å². The largest absolute Gasteiger partial charge is 0.337 e. The van der Waals surface area contributed by atoms with Crippen LogP contribution in [0.2, 0.25) is 0 Å². The third-order valence-electron chi connectivity index (χ3n) is 4.64. The summed E-state index contributed by atoms with van der Waals surface area (Å²) in [5.74, 6) is 1.94. The first-order valence-corrected chi connectivity index (χ1v) is 9.42. The summed E-state index contributed by atoms with van der Waals surface area (Å²) in [6.07, 6.45) is 8.08. The topological polar surface area (TPSA) is 58.9 Å². The number of hydrogen-bond donors (Lipinski definition) is 1. The number of thiazole rings is 1. The Kier molecular flexibility index (Phi) is 4.50. The molecular formula is C18H22N6S. The first-order valence-electron chi connectivity index (χ1n) is 8.54. The molecule has 0 saturated carbocycles. The van der Waals surface area contributed by atoms with Crippen LogP contribution < -0.4 is 5.32 Å². The summed E-state index contributed by atoms with van der Waals surface area (Å²) < 4.78 is 2.09. The quantitative estimate of drug-likeness (QED) is 0.758. The Morgan fingerprint density at radius 3 is 3.00 bits per heavy atom. The van der Waals surface area contributed by atoms with Gasteiger partial charge in [0.1, 0.15) is 11.6 Å². The number of aromatic nitrogens is 4. The van der Waals surface area contributed by atoms with Gasteiger partial charge in [-0.25, -0.2) is 15.0 Å². The fraction of sp³-hybridized carbons (Fsp3) is 0.389. The average Bonchev–Trinajstić information content (AvgIpc) is 3.33. The number of likely N-dealkylation sites (tertiary alicyclic amines) is 1. The Bertz CT molecular complexity index is 837. The highest BCUT2D eigenvalue weighted by molar-refractivity contribution is 7.13. The van der Waals surface area contributed by atoms with Gasteiger partial charge in [0.25, 0.3) is 0 Å². The number of anilines is 2. The second kappa shape index (κ2) is 6.93. The zero-order valence-electron chi connectivity index (χ0n) is 14.5. The van der Waals surface area contributed by atoms with Gasteiger partial charge in [0.15, 0.2) is 5.13 Å². The molecule has 3 aromatic rings. The van der Waals surface area contributed by atoms with E-state index in [1.165, 1.54) is 6.42 Å². The number of nitrogens with zero attached hydrogens (tertiary/aromatic N) is 5. The van der Waals surface area contributed by atoms with Crippen LogP contribution in [0.1, 0.15) is 36.0 Å². The van der Waals surface area contributed by atoms with E-state index in [0.717, 1.165) is 47.5 Å². The summed E-state index contributed by atoms with van der Waals surface area (Å²) in [5.41, 5.74) is 2.30. The summed E-state index contributed by atoms with van der Waals surface area (Å²) in [5, 5.41) is 6.37. The minimum Gasteiger partial charge on any atom is -0.337 e. The minimum atomic E-state index is 0.370. The van der Waals surface area contributed by atoms with Crippen molar-refractivity contribution in [2.24, 2.45) is 7.05 Å². The van der Waals surface area contributed by atoms with Crippen molar-refractivity contribution in [1.29, 1.82) is 0 Å². The number of aryl methyl sites for hydroxylation is 2. The van der Waals surface area contributed by atoms with Crippen LogP contribution in [-0.4, -0.2) is 31.0 Å². The lowest BCUT2D eigenvalue weighted by atomic mass is 10.2. The average molecular weight is 354 g/mol. The Hall–Kier alpha value is -2.25. The van der Waals surface area contributed by atoms with Gasteiger partial charge < -0.3 is 9.88 Å². The van der Waals surface area contributed by atoms with E-state index in [2.05, 4.69) is 36.2 Å². The highest BCUT2D eigenvalue weighted by Crippen LogP contribution is 2.34. The van der Waals surface area contributed by atoms with Crippen molar-refractivity contribution in [2.45, 2.75) is 32.4 Å². The number of imidazole rings is 1. The van der Waals surface area contributed by atoms with Crippen molar-refractivity contribution in [1.82, 2.24) is 24.4 Å². The van der Waals surface area contributed by atoms with Gasteiger partial charge in [0.05, 0.1) is 18.3 Å². The van der Waals surface area contributed by atoms with Crippen LogP contribution in [0.3, 0.4) is 0 Å². The Morgan fingerprint density at radius 1 is 1.32 bits per heavy atom. The van der Waals surface area contributed by atoms with Gasteiger partial charge in [-0.2, -0.15) is 0 Å². The molecule has 1 saturated heterocycles. The van der Waals surface area contributed by atoms with Crippen LogP contribution >= 0.6 is 11.3 Å². The first kappa shape index (κ1) is 16.2. The molecular weight excluding hydrogens is 332 g/mol. The molecule has 1 atom stereocenters. The van der Waals surface area contributed by atoms with Crippen molar-refractivity contribution in [3.63, 3.8) is 0 Å². The molecule has 4 heterocycles. The molecule has 4 rings (SSSR count). The molecule has 7 heteroatoms. The predicted octanol–water partition coefficient (Wildman–Crippen LogP) is 3.66. The molecule has 1 N–H and O–H groups in total. The third kappa shape index (κ3) is 3.57. The SMILES string of the molecule is Cc1ccc(Nc2nc([C@H]3CCCN3Cc3nccn3C)cs2)nc1. The predicted molar refractivity (Wildman–Crippen MR) is 100.0 cm³/mol. The molecule has 0 aliphatic carbocycles. The monoisotopic (exact) mass is 354 g/mol. The van der Waals surface area contributed by atoms with Crippen molar-refractivity contribution < 1.29 is 0 Å². The van der Waals surface area contributed by atoms with Gasteiger partial charge in [-0.15, -0.1) is 11.3 Å². The zero-order valence-corrected chi connectivity index (χ0v) is 15.3. The van der Waals surface area contributed by atoms with Crippen LogP contribution in [0.15, 0.2) is 36.1 Å². The number of pyridine rings is 1. The maximum Gasteiger partial charge on any atom is 0.188 e. The lowest BCUT2D eigenvalue weighted by Gasteiger charge is -2.22. The molecule has 1 aliphatic heterocycles. The van der Waals surface area contributed by atoms with E-state index in [-0.39, 0.29) is 0 Å². The van der Waals surface area contributed by atoms with Crippen LogP contribution in [0.25, 0.3) is 0 Å². The minimum absolute atomic E-state index is 0.370. The summed E-state index contributed by atoms with van der Waals surface area (Å²) in [6, 6.07) is 4.41. The van der Waals surface area contributed by atoms with E-state index < -0.39 is 0 Å². The fourth-order valence-electron chi connectivity index (χ4n) is 3.23. The van der Waals surface area contributed by atoms with Gasteiger partial charge >= 0.3 is 0 Å². The highest BCUT2D eigenvalue weighted by atomic mass is 32.1. The highest BCUT2D eigenvalue weighted by Gasteiger charge is 2.28. The maximum absolute atomic E-state index is 4.81. The third-order valence-corrected chi connectivity index (χ3v) is 5.41. The molecule has 0 amide bonds.